The molecule has 0 spiro atoms. The van der Waals surface area contributed by atoms with E-state index in [1.807, 2.05) is 18.3 Å². The van der Waals surface area contributed by atoms with Crippen molar-refractivity contribution < 1.29 is 9.38 Å². The monoisotopic (exact) mass is 336 g/mol. The first-order valence-electron chi connectivity index (χ1n) is 8.82. The first kappa shape index (κ1) is 14.9. The Hall–Kier alpha value is -2.44. The maximum Gasteiger partial charge on any atom is 0.316 e. The van der Waals surface area contributed by atoms with Crippen LogP contribution in [0, 0.1) is 11.1 Å². The van der Waals surface area contributed by atoms with E-state index in [9.17, 15) is 5.21 Å². The number of aromatic nitrogens is 3. The zero-order chi connectivity index (χ0) is 16.9. The van der Waals surface area contributed by atoms with Gasteiger partial charge in [0.2, 0.25) is 0 Å². The van der Waals surface area contributed by atoms with Crippen LogP contribution >= 0.6 is 0 Å². The van der Waals surface area contributed by atoms with E-state index >= 15 is 0 Å². The van der Waals surface area contributed by atoms with Crippen molar-refractivity contribution in [2.45, 2.75) is 18.9 Å². The first-order valence-corrected chi connectivity index (χ1v) is 8.82. The molecule has 6 heteroatoms. The number of quaternary nitrogens is 1. The number of ether oxygens (including phenoxy) is 1. The van der Waals surface area contributed by atoms with Crippen molar-refractivity contribution in [2.24, 2.45) is 5.92 Å². The van der Waals surface area contributed by atoms with E-state index in [0.29, 0.717) is 18.5 Å². The van der Waals surface area contributed by atoms with Crippen LogP contribution in [-0.4, -0.2) is 45.3 Å². The quantitative estimate of drug-likeness (QED) is 0.589. The summed E-state index contributed by atoms with van der Waals surface area (Å²) < 4.78 is 5.86. The van der Waals surface area contributed by atoms with Gasteiger partial charge in [-0.1, -0.05) is 12.1 Å². The highest BCUT2D eigenvalue weighted by Gasteiger charge is 2.42. The van der Waals surface area contributed by atoms with Crippen molar-refractivity contribution in [3.63, 3.8) is 0 Å². The average molecular weight is 336 g/mol. The predicted molar refractivity (Wildman–Crippen MR) is 94.7 cm³/mol. The lowest BCUT2D eigenvalue weighted by Crippen LogP contribution is -2.61. The van der Waals surface area contributed by atoms with Crippen molar-refractivity contribution in [2.75, 3.05) is 19.6 Å². The molecule has 128 valence electrons. The number of rotatable bonds is 3. The second kappa shape index (κ2) is 5.54. The van der Waals surface area contributed by atoms with Crippen molar-refractivity contribution in [1.29, 1.82) is 0 Å². The fraction of sp³-hybridized carbons (Fsp3) is 0.368. The van der Waals surface area contributed by atoms with Crippen molar-refractivity contribution in [3.05, 3.63) is 48.1 Å². The van der Waals surface area contributed by atoms with Crippen LogP contribution in [0.15, 0.2) is 42.9 Å². The van der Waals surface area contributed by atoms with Gasteiger partial charge in [-0.05, 0) is 17.7 Å². The maximum atomic E-state index is 12.5. The number of hydrogen-bond donors (Lipinski definition) is 1. The van der Waals surface area contributed by atoms with Crippen molar-refractivity contribution >= 4 is 10.9 Å². The Morgan fingerprint density at radius 3 is 2.68 bits per heavy atom. The van der Waals surface area contributed by atoms with Crippen molar-refractivity contribution in [3.8, 4) is 17.1 Å². The Kier molecular flexibility index (Phi) is 3.29. The SMILES string of the molecule is [O-][N+]12CCC(CC1)C(Oc1ncc(-c3cccc4[nH]ccc34)cn1)C2. The molecule has 0 saturated carbocycles. The molecule has 3 saturated heterocycles. The second-order valence-electron chi connectivity index (χ2n) is 7.18. The second-order valence-corrected chi connectivity index (χ2v) is 7.18. The van der Waals surface area contributed by atoms with E-state index in [1.165, 1.54) is 0 Å². The van der Waals surface area contributed by atoms with E-state index in [-0.39, 0.29) is 10.8 Å². The molecule has 1 unspecified atom stereocenters. The van der Waals surface area contributed by atoms with Crippen molar-refractivity contribution in [1.82, 2.24) is 15.0 Å². The molecule has 1 atom stereocenters. The lowest BCUT2D eigenvalue weighted by molar-refractivity contribution is -0.900. The molecule has 3 fully saturated rings. The summed E-state index contributed by atoms with van der Waals surface area (Å²) in [5.41, 5.74) is 3.14. The Morgan fingerprint density at radius 1 is 1.12 bits per heavy atom. The predicted octanol–water partition coefficient (Wildman–Crippen LogP) is 3.11. The van der Waals surface area contributed by atoms with Crippen LogP contribution < -0.4 is 4.74 Å². The number of H-pyrrole nitrogens is 1. The van der Waals surface area contributed by atoms with Gasteiger partial charge in [-0.2, -0.15) is 0 Å². The third kappa shape index (κ3) is 2.58. The number of piperidine rings is 3. The summed E-state index contributed by atoms with van der Waals surface area (Å²) in [6, 6.07) is 8.55. The topological polar surface area (TPSA) is 73.9 Å². The number of fused-ring (bicyclic) bond motifs is 4. The van der Waals surface area contributed by atoms with Crippen LogP contribution in [0.5, 0.6) is 6.01 Å². The van der Waals surface area contributed by atoms with Crippen LogP contribution in [0.4, 0.5) is 0 Å². The first-order chi connectivity index (χ1) is 12.2. The molecule has 1 N–H and O–H groups in total. The van der Waals surface area contributed by atoms with E-state index in [0.717, 1.165) is 48.0 Å². The van der Waals surface area contributed by atoms with Gasteiger partial charge in [-0.15, -0.1) is 0 Å². The molecule has 6 rings (SSSR count). The highest BCUT2D eigenvalue weighted by atomic mass is 16.6. The maximum absolute atomic E-state index is 12.5. The Morgan fingerprint density at radius 2 is 1.92 bits per heavy atom. The molecule has 6 nitrogen and oxygen atoms in total. The standard InChI is InChI=1S/C19H20N4O2/c24-23-8-5-13(6-9-23)18(12-23)25-19-21-10-14(11-22-19)15-2-1-3-17-16(15)4-7-20-17/h1-4,7,10-11,13,18,20H,5-6,8-9,12H2. The van der Waals surface area contributed by atoms with Gasteiger partial charge >= 0.3 is 6.01 Å². The van der Waals surface area contributed by atoms with Gasteiger partial charge in [0, 0.05) is 53.8 Å². The van der Waals surface area contributed by atoms with Crippen LogP contribution in [0.25, 0.3) is 22.0 Å². The summed E-state index contributed by atoms with van der Waals surface area (Å²) in [6.07, 6.45) is 7.37. The minimum absolute atomic E-state index is 0.0565. The Bertz CT molecular complexity index is 897. The van der Waals surface area contributed by atoms with E-state index in [2.05, 4.69) is 27.1 Å². The lowest BCUT2D eigenvalue weighted by atomic mass is 9.85. The van der Waals surface area contributed by atoms with E-state index < -0.39 is 0 Å². The van der Waals surface area contributed by atoms with Gasteiger partial charge in [-0.3, -0.25) is 0 Å². The molecule has 25 heavy (non-hydrogen) atoms. The summed E-state index contributed by atoms with van der Waals surface area (Å²) in [5, 5.41) is 13.6. The zero-order valence-corrected chi connectivity index (χ0v) is 13.9. The van der Waals surface area contributed by atoms with Gasteiger partial charge < -0.3 is 19.6 Å². The minimum atomic E-state index is -0.116. The van der Waals surface area contributed by atoms with Gasteiger partial charge in [0.15, 0.2) is 6.10 Å². The summed E-state index contributed by atoms with van der Waals surface area (Å²) in [7, 11) is 0. The lowest BCUT2D eigenvalue weighted by Gasteiger charge is -2.54. The summed E-state index contributed by atoms with van der Waals surface area (Å²) >= 11 is 0. The number of nitrogens with one attached hydrogen (secondary N) is 1. The fourth-order valence-electron chi connectivity index (χ4n) is 4.21. The highest BCUT2D eigenvalue weighted by molar-refractivity contribution is 5.94. The summed E-state index contributed by atoms with van der Waals surface area (Å²) in [5.74, 6) is 0.464. The van der Waals surface area contributed by atoms with Crippen LogP contribution in [0.2, 0.25) is 0 Å². The van der Waals surface area contributed by atoms with Crippen LogP contribution in [-0.2, 0) is 0 Å². The average Bonchev–Trinajstić information content (AvgIpc) is 3.11. The molecular formula is C19H20N4O2. The number of hydroxylamine groups is 3. The normalized spacial score (nSPS) is 28.4. The van der Waals surface area contributed by atoms with E-state index in [4.69, 9.17) is 4.74 Å². The molecule has 5 heterocycles. The molecule has 2 aromatic heterocycles. The summed E-state index contributed by atoms with van der Waals surface area (Å²) in [4.78, 5) is 12.0. The molecule has 3 aromatic rings. The highest BCUT2D eigenvalue weighted by Crippen LogP contribution is 2.35. The van der Waals surface area contributed by atoms with Crippen LogP contribution in [0.1, 0.15) is 12.8 Å². The van der Waals surface area contributed by atoms with Gasteiger partial charge in [0.25, 0.3) is 0 Å². The Labute approximate surface area is 145 Å². The number of nitrogens with zero attached hydrogens (tertiary/aromatic N) is 3. The van der Waals surface area contributed by atoms with Crippen LogP contribution in [0.3, 0.4) is 0 Å². The molecular weight excluding hydrogens is 316 g/mol. The molecule has 3 aliphatic heterocycles. The van der Waals surface area contributed by atoms with Gasteiger partial charge in [0.05, 0.1) is 13.1 Å². The molecule has 0 radical (unpaired) electrons. The van der Waals surface area contributed by atoms with E-state index in [1.54, 1.807) is 12.4 Å². The Balaban J connectivity index is 1.38. The molecule has 0 aliphatic carbocycles. The molecule has 3 aliphatic rings. The third-order valence-electron chi connectivity index (χ3n) is 5.64. The number of hydrogen-bond acceptors (Lipinski definition) is 4. The molecule has 1 aromatic carbocycles. The van der Waals surface area contributed by atoms with Gasteiger partial charge in [-0.25, -0.2) is 9.97 Å². The third-order valence-corrected chi connectivity index (χ3v) is 5.64. The smallest absolute Gasteiger partial charge is 0.316 e. The fourth-order valence-corrected chi connectivity index (χ4v) is 4.21. The molecule has 0 amide bonds. The zero-order valence-electron chi connectivity index (χ0n) is 13.9. The summed E-state index contributed by atoms with van der Waals surface area (Å²) in [6.45, 7) is 1.98. The van der Waals surface area contributed by atoms with Gasteiger partial charge in [0.1, 0.15) is 6.54 Å². The largest absolute Gasteiger partial charge is 0.633 e. The molecule has 2 bridgehead atoms. The number of aromatic amines is 1. The minimum Gasteiger partial charge on any atom is -0.633 e. The number of benzene rings is 1.